The van der Waals surface area contributed by atoms with E-state index < -0.39 is 11.8 Å². The first-order chi connectivity index (χ1) is 9.47. The second kappa shape index (κ2) is 5.92. The third-order valence-electron chi connectivity index (χ3n) is 2.72. The predicted molar refractivity (Wildman–Crippen MR) is 76.5 cm³/mol. The van der Waals surface area contributed by atoms with Gasteiger partial charge in [0.25, 0.3) is 0 Å². The molecule has 2 aromatic carbocycles. The highest BCUT2D eigenvalue weighted by Crippen LogP contribution is 2.24. The molecule has 0 unspecified atom stereocenters. The number of halogens is 2. The normalized spacial score (nSPS) is 10.3. The van der Waals surface area contributed by atoms with Gasteiger partial charge in [-0.2, -0.15) is 0 Å². The predicted octanol–water partition coefficient (Wildman–Crippen LogP) is 3.60. The van der Waals surface area contributed by atoms with Gasteiger partial charge in [-0.1, -0.05) is 15.9 Å². The zero-order chi connectivity index (χ0) is 14.7. The molecule has 0 spiro atoms. The van der Waals surface area contributed by atoms with Crippen LogP contribution in [-0.2, 0) is 6.54 Å². The average molecular weight is 340 g/mol. The van der Waals surface area contributed by atoms with Crippen molar-refractivity contribution >= 4 is 27.6 Å². The number of aromatic hydroxyl groups is 1. The van der Waals surface area contributed by atoms with Crippen LogP contribution in [0.1, 0.15) is 15.9 Å². The molecule has 0 aliphatic rings. The highest BCUT2D eigenvalue weighted by atomic mass is 79.9. The first kappa shape index (κ1) is 14.3. The lowest BCUT2D eigenvalue weighted by atomic mass is 10.1. The summed E-state index contributed by atoms with van der Waals surface area (Å²) in [5.41, 5.74) is 0.635. The summed E-state index contributed by atoms with van der Waals surface area (Å²) in [6.45, 7) is 0.172. The number of phenols is 1. The monoisotopic (exact) mass is 339 g/mol. The number of phenolic OH excluding ortho intramolecular Hbond substituents is 1. The number of aromatic carboxylic acids is 1. The van der Waals surface area contributed by atoms with E-state index in [4.69, 9.17) is 5.11 Å². The largest absolute Gasteiger partial charge is 0.508 e. The lowest BCUT2D eigenvalue weighted by Gasteiger charge is -2.10. The number of hydrogen-bond acceptors (Lipinski definition) is 3. The van der Waals surface area contributed by atoms with E-state index >= 15 is 0 Å². The molecule has 20 heavy (non-hydrogen) atoms. The van der Waals surface area contributed by atoms with Gasteiger partial charge in [0.05, 0.1) is 11.3 Å². The van der Waals surface area contributed by atoms with Gasteiger partial charge in [-0.25, -0.2) is 9.18 Å². The van der Waals surface area contributed by atoms with E-state index in [1.165, 1.54) is 18.2 Å². The van der Waals surface area contributed by atoms with E-state index in [-0.39, 0.29) is 23.5 Å². The minimum atomic E-state index is -1.13. The highest BCUT2D eigenvalue weighted by molar-refractivity contribution is 9.10. The molecule has 0 atom stereocenters. The third-order valence-corrected chi connectivity index (χ3v) is 3.22. The molecule has 0 aliphatic carbocycles. The fourth-order valence-corrected chi connectivity index (χ4v) is 2.09. The molecule has 4 nitrogen and oxygen atoms in total. The minimum absolute atomic E-state index is 0.00707. The first-order valence-electron chi connectivity index (χ1n) is 5.71. The van der Waals surface area contributed by atoms with Gasteiger partial charge >= 0.3 is 5.97 Å². The summed E-state index contributed by atoms with van der Waals surface area (Å²) < 4.78 is 14.4. The van der Waals surface area contributed by atoms with Gasteiger partial charge in [-0.15, -0.1) is 0 Å². The number of carboxylic acids is 1. The van der Waals surface area contributed by atoms with Crippen molar-refractivity contribution in [1.29, 1.82) is 0 Å². The fourth-order valence-electron chi connectivity index (χ4n) is 1.68. The van der Waals surface area contributed by atoms with Crippen molar-refractivity contribution in [2.75, 3.05) is 5.32 Å². The zero-order valence-corrected chi connectivity index (χ0v) is 11.8. The standard InChI is InChI=1S/C14H11BrFNO3/c15-10-2-4-13(18)9(5-10)7-17-12-6-8(14(19)20)1-3-11(12)16/h1-6,17-18H,7H2,(H,19,20). The van der Waals surface area contributed by atoms with Crippen LogP contribution in [-0.4, -0.2) is 16.2 Å². The second-order valence-corrected chi connectivity index (χ2v) is 5.04. The first-order valence-corrected chi connectivity index (χ1v) is 6.51. The Morgan fingerprint density at radius 1 is 1.25 bits per heavy atom. The second-order valence-electron chi connectivity index (χ2n) is 4.13. The van der Waals surface area contributed by atoms with Gasteiger partial charge in [-0.05, 0) is 36.4 Å². The fraction of sp³-hybridized carbons (Fsp3) is 0.0714. The van der Waals surface area contributed by atoms with Crippen LogP contribution in [0, 0.1) is 5.82 Å². The molecule has 2 rings (SSSR count). The van der Waals surface area contributed by atoms with Crippen LogP contribution in [0.2, 0.25) is 0 Å². The number of hydrogen-bond donors (Lipinski definition) is 3. The van der Waals surface area contributed by atoms with Crippen LogP contribution in [0.4, 0.5) is 10.1 Å². The molecule has 104 valence electrons. The van der Waals surface area contributed by atoms with Crippen molar-refractivity contribution in [1.82, 2.24) is 0 Å². The number of benzene rings is 2. The molecule has 0 saturated carbocycles. The zero-order valence-electron chi connectivity index (χ0n) is 10.2. The maximum atomic E-state index is 13.6. The molecule has 0 aromatic heterocycles. The molecular weight excluding hydrogens is 329 g/mol. The minimum Gasteiger partial charge on any atom is -0.508 e. The lowest BCUT2D eigenvalue weighted by Crippen LogP contribution is -2.04. The van der Waals surface area contributed by atoms with Crippen LogP contribution in [0.5, 0.6) is 5.75 Å². The molecular formula is C14H11BrFNO3. The Morgan fingerprint density at radius 2 is 2.00 bits per heavy atom. The number of carboxylic acid groups (broad SMARTS) is 1. The molecule has 0 heterocycles. The molecule has 0 amide bonds. The number of carbonyl (C=O) groups is 1. The summed E-state index contributed by atoms with van der Waals surface area (Å²) in [6, 6.07) is 8.40. The van der Waals surface area contributed by atoms with E-state index in [1.807, 2.05) is 0 Å². The summed E-state index contributed by atoms with van der Waals surface area (Å²) in [7, 11) is 0. The van der Waals surface area contributed by atoms with Crippen molar-refractivity contribution in [3.8, 4) is 5.75 Å². The summed E-state index contributed by atoms with van der Waals surface area (Å²) in [5.74, 6) is -1.60. The maximum absolute atomic E-state index is 13.6. The molecule has 0 fully saturated rings. The molecule has 3 N–H and O–H groups in total. The van der Waals surface area contributed by atoms with Crippen LogP contribution >= 0.6 is 15.9 Å². The van der Waals surface area contributed by atoms with E-state index in [0.717, 1.165) is 10.5 Å². The topological polar surface area (TPSA) is 69.6 Å². The average Bonchev–Trinajstić information content (AvgIpc) is 2.41. The van der Waals surface area contributed by atoms with Gasteiger partial charge in [0.1, 0.15) is 11.6 Å². The molecule has 0 radical (unpaired) electrons. The number of nitrogens with one attached hydrogen (secondary N) is 1. The molecule has 2 aromatic rings. The van der Waals surface area contributed by atoms with E-state index in [0.29, 0.717) is 5.56 Å². The lowest BCUT2D eigenvalue weighted by molar-refractivity contribution is 0.0697. The van der Waals surface area contributed by atoms with Crippen LogP contribution in [0.15, 0.2) is 40.9 Å². The Labute approximate surface area is 123 Å². The van der Waals surface area contributed by atoms with Gasteiger partial charge in [0.15, 0.2) is 0 Å². The Hall–Kier alpha value is -2.08. The SMILES string of the molecule is O=C(O)c1ccc(F)c(NCc2cc(Br)ccc2O)c1. The smallest absolute Gasteiger partial charge is 0.335 e. The Morgan fingerprint density at radius 3 is 2.70 bits per heavy atom. The van der Waals surface area contributed by atoms with Gasteiger partial charge < -0.3 is 15.5 Å². The van der Waals surface area contributed by atoms with Crippen molar-refractivity contribution in [2.45, 2.75) is 6.54 Å². The quantitative estimate of drug-likeness (QED) is 0.795. The van der Waals surface area contributed by atoms with Crippen LogP contribution < -0.4 is 5.32 Å². The maximum Gasteiger partial charge on any atom is 0.335 e. The van der Waals surface area contributed by atoms with Crippen LogP contribution in [0.3, 0.4) is 0 Å². The van der Waals surface area contributed by atoms with Gasteiger partial charge in [0.2, 0.25) is 0 Å². The summed E-state index contributed by atoms with van der Waals surface area (Å²) in [4.78, 5) is 10.8. The number of anilines is 1. The summed E-state index contributed by atoms with van der Waals surface area (Å²) >= 11 is 3.28. The van der Waals surface area contributed by atoms with Crippen LogP contribution in [0.25, 0.3) is 0 Å². The molecule has 0 bridgehead atoms. The highest BCUT2D eigenvalue weighted by Gasteiger charge is 2.09. The number of rotatable bonds is 4. The van der Waals surface area contributed by atoms with E-state index in [9.17, 15) is 14.3 Å². The van der Waals surface area contributed by atoms with Crippen molar-refractivity contribution in [3.05, 3.63) is 57.8 Å². The van der Waals surface area contributed by atoms with Crippen molar-refractivity contribution < 1.29 is 19.4 Å². The van der Waals surface area contributed by atoms with Gasteiger partial charge in [-0.3, -0.25) is 0 Å². The Kier molecular flexibility index (Phi) is 4.24. The Balaban J connectivity index is 2.20. The van der Waals surface area contributed by atoms with E-state index in [1.54, 1.807) is 12.1 Å². The van der Waals surface area contributed by atoms with E-state index in [2.05, 4.69) is 21.2 Å². The molecule has 6 heteroatoms. The molecule has 0 saturated heterocycles. The summed E-state index contributed by atoms with van der Waals surface area (Å²) in [5, 5.41) is 21.3. The third kappa shape index (κ3) is 3.27. The molecule has 0 aliphatic heterocycles. The van der Waals surface area contributed by atoms with Gasteiger partial charge in [0, 0.05) is 16.6 Å². The van der Waals surface area contributed by atoms with Crippen molar-refractivity contribution in [3.63, 3.8) is 0 Å². The van der Waals surface area contributed by atoms with Crippen molar-refractivity contribution in [2.24, 2.45) is 0 Å². The summed E-state index contributed by atoms with van der Waals surface area (Å²) in [6.07, 6.45) is 0. The Bertz CT molecular complexity index is 661.